The maximum absolute atomic E-state index is 14.0. The number of hydrogen-bond donors (Lipinski definition) is 1. The van der Waals surface area contributed by atoms with E-state index >= 15 is 0 Å². The van der Waals surface area contributed by atoms with E-state index in [1.807, 2.05) is 0 Å². The van der Waals surface area contributed by atoms with Gasteiger partial charge in [-0.05, 0) is 42.3 Å². The van der Waals surface area contributed by atoms with Gasteiger partial charge in [0.1, 0.15) is 18.1 Å². The Labute approximate surface area is 219 Å². The maximum Gasteiger partial charge on any atom is 0.329 e. The molecule has 1 aliphatic heterocycles. The van der Waals surface area contributed by atoms with Crippen molar-refractivity contribution < 1.29 is 28.4 Å². The Bertz CT molecular complexity index is 1410. The first-order chi connectivity index (χ1) is 17.8. The highest BCUT2D eigenvalue weighted by molar-refractivity contribution is 9.10. The van der Waals surface area contributed by atoms with Crippen molar-refractivity contribution in [2.75, 3.05) is 6.61 Å². The normalized spacial score (nSPS) is 14.1. The van der Waals surface area contributed by atoms with Gasteiger partial charge in [0.25, 0.3) is 11.6 Å². The number of urea groups is 1. The first-order valence-electron chi connectivity index (χ1n) is 11.2. The van der Waals surface area contributed by atoms with Gasteiger partial charge in [-0.2, -0.15) is 0 Å². The van der Waals surface area contributed by atoms with Gasteiger partial charge in [-0.25, -0.2) is 9.18 Å². The van der Waals surface area contributed by atoms with Crippen LogP contribution in [-0.2, 0) is 17.9 Å². The molecule has 0 unspecified atom stereocenters. The molecule has 190 valence electrons. The molecule has 1 fully saturated rings. The lowest BCUT2D eigenvalue weighted by Crippen LogP contribution is -2.30. The van der Waals surface area contributed by atoms with Crippen LogP contribution in [0.5, 0.6) is 11.5 Å². The van der Waals surface area contributed by atoms with Crippen LogP contribution in [0, 0.1) is 15.9 Å². The van der Waals surface area contributed by atoms with E-state index in [1.165, 1.54) is 36.4 Å². The van der Waals surface area contributed by atoms with E-state index in [4.69, 9.17) is 9.47 Å². The second kappa shape index (κ2) is 11.2. The summed E-state index contributed by atoms with van der Waals surface area (Å²) in [5.74, 6) is -0.345. The molecule has 9 nitrogen and oxygen atoms in total. The second-order valence-corrected chi connectivity index (χ2v) is 8.79. The summed E-state index contributed by atoms with van der Waals surface area (Å²) in [4.78, 5) is 36.8. The zero-order valence-electron chi connectivity index (χ0n) is 19.6. The lowest BCUT2D eigenvalue weighted by molar-refractivity contribution is -0.384. The van der Waals surface area contributed by atoms with Crippen molar-refractivity contribution in [1.29, 1.82) is 0 Å². The Hall–Kier alpha value is -4.25. The number of carbonyl (C=O) groups excluding carboxylic acids is 2. The fraction of sp³-hybridized carbons (Fsp3) is 0.154. The Morgan fingerprint density at radius 1 is 1.08 bits per heavy atom. The molecule has 0 radical (unpaired) electrons. The molecule has 3 aromatic rings. The van der Waals surface area contributed by atoms with Gasteiger partial charge in [-0.1, -0.05) is 46.3 Å². The van der Waals surface area contributed by atoms with E-state index in [-0.39, 0.29) is 30.1 Å². The number of amides is 3. The largest absolute Gasteiger partial charge is 0.490 e. The van der Waals surface area contributed by atoms with E-state index in [9.17, 15) is 24.1 Å². The van der Waals surface area contributed by atoms with E-state index in [0.29, 0.717) is 33.7 Å². The summed E-state index contributed by atoms with van der Waals surface area (Å²) in [6, 6.07) is 14.7. The Morgan fingerprint density at radius 3 is 2.57 bits per heavy atom. The zero-order valence-corrected chi connectivity index (χ0v) is 21.2. The highest BCUT2D eigenvalue weighted by Crippen LogP contribution is 2.36. The topological polar surface area (TPSA) is 111 Å². The third-order valence-electron chi connectivity index (χ3n) is 5.43. The van der Waals surface area contributed by atoms with Gasteiger partial charge in [0, 0.05) is 22.2 Å². The van der Waals surface area contributed by atoms with E-state index < -0.39 is 22.7 Å². The maximum atomic E-state index is 14.0. The number of nitro groups is 1. The van der Waals surface area contributed by atoms with Crippen LogP contribution in [0.4, 0.5) is 14.9 Å². The van der Waals surface area contributed by atoms with Crippen molar-refractivity contribution in [2.24, 2.45) is 0 Å². The van der Waals surface area contributed by atoms with Gasteiger partial charge in [-0.15, -0.1) is 0 Å². The lowest BCUT2D eigenvalue weighted by atomic mass is 10.1. The summed E-state index contributed by atoms with van der Waals surface area (Å²) in [5.41, 5.74) is 1.34. The number of ether oxygens (including phenoxy) is 2. The number of hydrogen-bond acceptors (Lipinski definition) is 6. The molecular formula is C26H21BrFN3O6. The highest BCUT2D eigenvalue weighted by Gasteiger charge is 2.34. The third-order valence-corrected chi connectivity index (χ3v) is 6.11. The molecule has 1 saturated heterocycles. The number of imide groups is 1. The fourth-order valence-corrected chi connectivity index (χ4v) is 4.07. The van der Waals surface area contributed by atoms with Crippen LogP contribution < -0.4 is 14.8 Å². The van der Waals surface area contributed by atoms with Crippen LogP contribution in [0.2, 0.25) is 0 Å². The first-order valence-corrected chi connectivity index (χ1v) is 12.0. The van der Waals surface area contributed by atoms with Crippen LogP contribution in [0.15, 0.2) is 70.8 Å². The van der Waals surface area contributed by atoms with Crippen LogP contribution in [-0.4, -0.2) is 28.4 Å². The van der Waals surface area contributed by atoms with Crippen molar-refractivity contribution in [3.05, 3.63) is 103 Å². The lowest BCUT2D eigenvalue weighted by Gasteiger charge is -2.14. The van der Waals surface area contributed by atoms with Crippen molar-refractivity contribution in [2.45, 2.75) is 20.1 Å². The summed E-state index contributed by atoms with van der Waals surface area (Å²) in [5, 5.41) is 13.5. The van der Waals surface area contributed by atoms with Crippen molar-refractivity contribution >= 4 is 39.6 Å². The minimum atomic E-state index is -0.655. The number of nitro benzene ring substituents is 1. The van der Waals surface area contributed by atoms with Gasteiger partial charge in [-0.3, -0.25) is 19.8 Å². The molecular weight excluding hydrogens is 549 g/mol. The van der Waals surface area contributed by atoms with Gasteiger partial charge in [0.2, 0.25) is 0 Å². The van der Waals surface area contributed by atoms with Gasteiger partial charge < -0.3 is 14.8 Å². The third kappa shape index (κ3) is 5.95. The molecule has 3 amide bonds. The number of halogens is 2. The molecule has 1 heterocycles. The standard InChI is InChI=1S/C26H21BrFN3O6/c1-2-36-23-12-18(20(27)13-24(23)37-15-16-6-5-8-19(10-16)31(34)35)11-22-25(32)30(26(33)29-22)14-17-7-3-4-9-21(17)28/h3-13H,2,14-15H2,1H3,(H,29,33)/b22-11+. The molecule has 0 saturated carbocycles. The zero-order chi connectivity index (χ0) is 26.5. The molecule has 3 aromatic carbocycles. The van der Waals surface area contributed by atoms with E-state index in [1.54, 1.807) is 37.3 Å². The van der Waals surface area contributed by atoms with Crippen LogP contribution >= 0.6 is 15.9 Å². The smallest absolute Gasteiger partial charge is 0.329 e. The molecule has 0 aromatic heterocycles. The van der Waals surface area contributed by atoms with E-state index in [0.717, 1.165) is 4.90 Å². The van der Waals surface area contributed by atoms with Gasteiger partial charge in [0.15, 0.2) is 11.5 Å². The highest BCUT2D eigenvalue weighted by atomic mass is 79.9. The summed E-state index contributed by atoms with van der Waals surface area (Å²) in [7, 11) is 0. The van der Waals surface area contributed by atoms with Crippen molar-refractivity contribution in [3.63, 3.8) is 0 Å². The van der Waals surface area contributed by atoms with Crippen LogP contribution in [0.25, 0.3) is 6.08 Å². The number of non-ortho nitro benzene ring substituents is 1. The molecule has 37 heavy (non-hydrogen) atoms. The second-order valence-electron chi connectivity index (χ2n) is 7.94. The number of benzene rings is 3. The summed E-state index contributed by atoms with van der Waals surface area (Å²) in [6.07, 6.45) is 1.48. The summed E-state index contributed by atoms with van der Waals surface area (Å²) in [6.45, 7) is 1.99. The molecule has 1 N–H and O–H groups in total. The van der Waals surface area contributed by atoms with Crippen LogP contribution in [0.3, 0.4) is 0 Å². The predicted octanol–water partition coefficient (Wildman–Crippen LogP) is 5.57. The quantitative estimate of drug-likeness (QED) is 0.156. The number of carbonyl (C=O) groups is 2. The Balaban J connectivity index is 1.56. The molecule has 4 rings (SSSR count). The molecule has 0 spiro atoms. The minimum Gasteiger partial charge on any atom is -0.490 e. The number of rotatable bonds is 9. The average Bonchev–Trinajstić information content (AvgIpc) is 3.13. The van der Waals surface area contributed by atoms with Crippen LogP contribution in [0.1, 0.15) is 23.6 Å². The molecule has 0 bridgehead atoms. The summed E-state index contributed by atoms with van der Waals surface area (Å²) >= 11 is 3.45. The predicted molar refractivity (Wildman–Crippen MR) is 136 cm³/mol. The number of nitrogens with one attached hydrogen (secondary N) is 1. The first kappa shape index (κ1) is 25.8. The SMILES string of the molecule is CCOc1cc(/C=C2/NC(=O)N(Cc3ccccc3F)C2=O)c(Br)cc1OCc1cccc([N+](=O)[O-])c1. The van der Waals surface area contributed by atoms with Crippen molar-refractivity contribution in [3.8, 4) is 11.5 Å². The van der Waals surface area contributed by atoms with Gasteiger partial charge in [0.05, 0.1) is 18.1 Å². The molecule has 0 aliphatic carbocycles. The van der Waals surface area contributed by atoms with Crippen molar-refractivity contribution in [1.82, 2.24) is 10.2 Å². The monoisotopic (exact) mass is 569 g/mol. The molecule has 1 aliphatic rings. The summed E-state index contributed by atoms with van der Waals surface area (Å²) < 4.78 is 26.1. The Kier molecular flexibility index (Phi) is 7.83. The average molecular weight is 570 g/mol. The van der Waals surface area contributed by atoms with Gasteiger partial charge >= 0.3 is 6.03 Å². The minimum absolute atomic E-state index is 0.0229. The molecule has 0 atom stereocenters. The Morgan fingerprint density at radius 2 is 1.84 bits per heavy atom. The number of nitrogens with zero attached hydrogens (tertiary/aromatic N) is 2. The fourth-order valence-electron chi connectivity index (χ4n) is 3.63. The molecule has 11 heteroatoms. The van der Waals surface area contributed by atoms with E-state index in [2.05, 4.69) is 21.2 Å².